The van der Waals surface area contributed by atoms with Crippen LogP contribution in [-0.2, 0) is 19.4 Å². The molecule has 0 unspecified atom stereocenters. The first kappa shape index (κ1) is 23.0. The Morgan fingerprint density at radius 3 is 2.73 bits per heavy atom. The molecule has 0 amide bonds. The van der Waals surface area contributed by atoms with E-state index in [1.807, 2.05) is 18.2 Å². The second-order valence-corrected chi connectivity index (χ2v) is 6.77. The first-order valence-corrected chi connectivity index (χ1v) is 9.69. The van der Waals surface area contributed by atoms with Crippen molar-refractivity contribution in [2.24, 2.45) is 4.99 Å². The number of guanidine groups is 1. The number of nitrogens with zero attached hydrogens (tertiary/aromatic N) is 2. The number of nitrogens with one attached hydrogen (secondary N) is 2. The summed E-state index contributed by atoms with van der Waals surface area (Å²) < 4.78 is 5.17. The average molecular weight is 509 g/mol. The molecule has 0 atom stereocenters. The summed E-state index contributed by atoms with van der Waals surface area (Å²) in [6.07, 6.45) is 1.78. The van der Waals surface area contributed by atoms with Crippen molar-refractivity contribution in [1.29, 1.82) is 0 Å². The van der Waals surface area contributed by atoms with Crippen LogP contribution in [0.3, 0.4) is 0 Å². The normalized spacial score (nSPS) is 11.0. The first-order chi connectivity index (χ1) is 12.2. The van der Waals surface area contributed by atoms with Gasteiger partial charge in [0.2, 0.25) is 0 Å². The zero-order chi connectivity index (χ0) is 18.1. The number of halogens is 2. The number of aromatic nitrogens is 1. The minimum atomic E-state index is 0. The predicted molar refractivity (Wildman–Crippen MR) is 121 cm³/mol. The maximum atomic E-state index is 6.28. The summed E-state index contributed by atoms with van der Waals surface area (Å²) in [5.41, 5.74) is 2.09. The van der Waals surface area contributed by atoms with Crippen molar-refractivity contribution in [1.82, 2.24) is 15.6 Å². The van der Waals surface area contributed by atoms with Crippen molar-refractivity contribution in [3.8, 4) is 5.75 Å². The molecule has 0 bridgehead atoms. The second-order valence-electron chi connectivity index (χ2n) is 5.42. The van der Waals surface area contributed by atoms with Gasteiger partial charge in [-0.1, -0.05) is 24.6 Å². The third-order valence-electron chi connectivity index (χ3n) is 3.59. The minimum absolute atomic E-state index is 0. The summed E-state index contributed by atoms with van der Waals surface area (Å²) in [7, 11) is 1.64. The second kappa shape index (κ2) is 12.3. The summed E-state index contributed by atoms with van der Waals surface area (Å²) in [5.74, 6) is 1.56. The Kier molecular flexibility index (Phi) is 10.9. The predicted octanol–water partition coefficient (Wildman–Crippen LogP) is 4.28. The topological polar surface area (TPSA) is 58.5 Å². The summed E-state index contributed by atoms with van der Waals surface area (Å²) in [4.78, 5) is 9.14. The van der Waals surface area contributed by atoms with Crippen LogP contribution in [0.1, 0.15) is 30.1 Å². The van der Waals surface area contributed by atoms with Crippen molar-refractivity contribution >= 4 is 52.9 Å². The average Bonchev–Trinajstić information content (AvgIpc) is 3.09. The molecule has 0 saturated heterocycles. The van der Waals surface area contributed by atoms with E-state index in [2.05, 4.69) is 39.8 Å². The van der Waals surface area contributed by atoms with Crippen molar-refractivity contribution in [2.75, 3.05) is 20.2 Å². The molecule has 0 aliphatic carbocycles. The molecule has 0 fully saturated rings. The third kappa shape index (κ3) is 7.28. The van der Waals surface area contributed by atoms with Crippen LogP contribution in [0.2, 0.25) is 5.02 Å². The highest BCUT2D eigenvalue weighted by molar-refractivity contribution is 14.0. The summed E-state index contributed by atoms with van der Waals surface area (Å²) >= 11 is 7.97. The summed E-state index contributed by atoms with van der Waals surface area (Å²) in [6.45, 7) is 6.30. The van der Waals surface area contributed by atoms with Crippen LogP contribution in [0.4, 0.5) is 0 Å². The highest BCUT2D eigenvalue weighted by Gasteiger charge is 2.04. The molecular weight excluding hydrogens is 483 g/mol. The summed E-state index contributed by atoms with van der Waals surface area (Å²) in [5, 5.41) is 10.5. The number of aliphatic imine (C=N–C) groups is 1. The van der Waals surface area contributed by atoms with Gasteiger partial charge in [-0.15, -0.1) is 35.3 Å². The molecule has 1 aromatic carbocycles. The van der Waals surface area contributed by atoms with Gasteiger partial charge in [0.15, 0.2) is 5.96 Å². The highest BCUT2D eigenvalue weighted by Crippen LogP contribution is 2.22. The van der Waals surface area contributed by atoms with Gasteiger partial charge in [-0.05, 0) is 37.5 Å². The molecule has 26 heavy (non-hydrogen) atoms. The number of methoxy groups -OCH3 is 1. The third-order valence-corrected chi connectivity index (χ3v) is 4.99. The quantitative estimate of drug-likeness (QED) is 0.317. The van der Waals surface area contributed by atoms with Crippen molar-refractivity contribution in [3.05, 3.63) is 44.9 Å². The van der Waals surface area contributed by atoms with E-state index in [4.69, 9.17) is 16.3 Å². The van der Waals surface area contributed by atoms with Crippen molar-refractivity contribution in [3.63, 3.8) is 0 Å². The van der Waals surface area contributed by atoms with Gasteiger partial charge in [0.25, 0.3) is 0 Å². The Bertz CT molecular complexity index is 708. The Labute approximate surface area is 181 Å². The lowest BCUT2D eigenvalue weighted by molar-refractivity contribution is 0.414. The lowest BCUT2D eigenvalue weighted by Gasteiger charge is -2.12. The van der Waals surface area contributed by atoms with Crippen LogP contribution in [0.5, 0.6) is 5.75 Å². The molecule has 1 heterocycles. The van der Waals surface area contributed by atoms with Gasteiger partial charge in [-0.3, -0.25) is 0 Å². The largest absolute Gasteiger partial charge is 0.497 e. The molecular formula is C18H26ClIN4OS. The van der Waals surface area contributed by atoms with E-state index in [0.717, 1.165) is 58.9 Å². The molecule has 8 heteroatoms. The lowest BCUT2D eigenvalue weighted by Crippen LogP contribution is -2.38. The number of hydrogen-bond donors (Lipinski definition) is 2. The van der Waals surface area contributed by atoms with E-state index < -0.39 is 0 Å². The maximum absolute atomic E-state index is 6.28. The smallest absolute Gasteiger partial charge is 0.191 e. The van der Waals surface area contributed by atoms with Gasteiger partial charge in [0.05, 0.1) is 24.4 Å². The van der Waals surface area contributed by atoms with Crippen LogP contribution in [0.15, 0.2) is 28.6 Å². The summed E-state index contributed by atoms with van der Waals surface area (Å²) in [6, 6.07) is 5.76. The lowest BCUT2D eigenvalue weighted by atomic mass is 10.1. The fourth-order valence-corrected chi connectivity index (χ4v) is 3.26. The molecule has 2 aromatic rings. The Morgan fingerprint density at radius 1 is 1.31 bits per heavy atom. The SMILES string of the molecule is CCNC(=NCc1csc(CC)n1)NCCc1ccc(OC)cc1Cl.I. The number of thiazole rings is 1. The van der Waals surface area contributed by atoms with Crippen LogP contribution in [0.25, 0.3) is 0 Å². The molecule has 2 rings (SSSR count). The highest BCUT2D eigenvalue weighted by atomic mass is 127. The monoisotopic (exact) mass is 508 g/mol. The molecule has 0 aliphatic rings. The van der Waals surface area contributed by atoms with E-state index in [0.29, 0.717) is 6.54 Å². The van der Waals surface area contributed by atoms with E-state index in [9.17, 15) is 0 Å². The van der Waals surface area contributed by atoms with E-state index in [1.54, 1.807) is 18.4 Å². The van der Waals surface area contributed by atoms with E-state index in [1.165, 1.54) is 0 Å². The zero-order valence-corrected chi connectivity index (χ0v) is 19.2. The minimum Gasteiger partial charge on any atom is -0.497 e. The molecule has 0 radical (unpaired) electrons. The number of hydrogen-bond acceptors (Lipinski definition) is 4. The molecule has 0 aliphatic heterocycles. The van der Waals surface area contributed by atoms with Gasteiger partial charge < -0.3 is 15.4 Å². The van der Waals surface area contributed by atoms with Gasteiger partial charge in [0.1, 0.15) is 5.75 Å². The number of ether oxygens (including phenoxy) is 1. The molecule has 5 nitrogen and oxygen atoms in total. The Morgan fingerprint density at radius 2 is 2.12 bits per heavy atom. The van der Waals surface area contributed by atoms with E-state index in [-0.39, 0.29) is 24.0 Å². The maximum Gasteiger partial charge on any atom is 0.191 e. The van der Waals surface area contributed by atoms with Gasteiger partial charge in [0, 0.05) is 23.5 Å². The number of benzene rings is 1. The number of aryl methyl sites for hydroxylation is 1. The van der Waals surface area contributed by atoms with Crippen LogP contribution in [-0.4, -0.2) is 31.1 Å². The fraction of sp³-hybridized carbons (Fsp3) is 0.444. The van der Waals surface area contributed by atoms with Gasteiger partial charge >= 0.3 is 0 Å². The zero-order valence-electron chi connectivity index (χ0n) is 15.3. The number of rotatable bonds is 8. The fourth-order valence-electron chi connectivity index (χ4n) is 2.26. The van der Waals surface area contributed by atoms with Crippen molar-refractivity contribution in [2.45, 2.75) is 33.2 Å². The molecule has 0 spiro atoms. The Hall–Kier alpha value is -1.06. The van der Waals surface area contributed by atoms with Crippen LogP contribution in [0, 0.1) is 0 Å². The molecule has 1 aromatic heterocycles. The standard InChI is InChI=1S/C18H25ClN4OS.HI/c1-4-17-23-14(12-25-17)11-22-18(20-5-2)21-9-8-13-6-7-15(24-3)10-16(13)19;/h6-7,10,12H,4-5,8-9,11H2,1-3H3,(H2,20,21,22);1H. The molecule has 0 saturated carbocycles. The van der Waals surface area contributed by atoms with E-state index >= 15 is 0 Å². The first-order valence-electron chi connectivity index (χ1n) is 8.44. The van der Waals surface area contributed by atoms with Crippen molar-refractivity contribution < 1.29 is 4.74 Å². The Balaban J connectivity index is 0.00000338. The molecule has 2 N–H and O–H groups in total. The van der Waals surface area contributed by atoms with Crippen LogP contribution >= 0.6 is 46.9 Å². The molecule has 144 valence electrons. The van der Waals surface area contributed by atoms with Gasteiger partial charge in [-0.25, -0.2) is 9.98 Å². The van der Waals surface area contributed by atoms with Gasteiger partial charge in [-0.2, -0.15) is 0 Å². The van der Waals surface area contributed by atoms with Crippen LogP contribution < -0.4 is 15.4 Å².